The average Bonchev–Trinajstić information content (AvgIpc) is 3.21. The summed E-state index contributed by atoms with van der Waals surface area (Å²) in [6.07, 6.45) is 2.27. The van der Waals surface area contributed by atoms with Gasteiger partial charge in [0.1, 0.15) is 0 Å². The summed E-state index contributed by atoms with van der Waals surface area (Å²) >= 11 is 1.57. The van der Waals surface area contributed by atoms with Gasteiger partial charge in [-0.2, -0.15) is 0 Å². The van der Waals surface area contributed by atoms with Gasteiger partial charge in [-0.05, 0) is 61.7 Å². The minimum Gasteiger partial charge on any atom is -0.338 e. The highest BCUT2D eigenvalue weighted by molar-refractivity contribution is 7.12. The van der Waals surface area contributed by atoms with Crippen LogP contribution in [0.3, 0.4) is 0 Å². The van der Waals surface area contributed by atoms with Crippen LogP contribution in [0.25, 0.3) is 11.1 Å². The van der Waals surface area contributed by atoms with E-state index in [4.69, 9.17) is 0 Å². The van der Waals surface area contributed by atoms with Gasteiger partial charge in [-0.25, -0.2) is 0 Å². The highest BCUT2D eigenvalue weighted by Crippen LogP contribution is 2.32. The molecule has 0 bridgehead atoms. The number of likely N-dealkylation sites (tertiary alicyclic amines) is 1. The molecule has 2 aliphatic rings. The van der Waals surface area contributed by atoms with Crippen LogP contribution in [0.5, 0.6) is 0 Å². The second-order valence-corrected chi connectivity index (χ2v) is 7.99. The normalized spacial score (nSPS) is 22.8. The lowest BCUT2D eigenvalue weighted by Gasteiger charge is -2.21. The molecule has 2 saturated heterocycles. The van der Waals surface area contributed by atoms with Crippen molar-refractivity contribution in [3.05, 3.63) is 46.2 Å². The number of benzene rings is 1. The van der Waals surface area contributed by atoms with Crippen LogP contribution in [0.15, 0.2) is 35.7 Å². The molecule has 1 amide bonds. The molecule has 0 radical (unpaired) electrons. The molecule has 2 aliphatic heterocycles. The van der Waals surface area contributed by atoms with Crippen LogP contribution in [0, 0.1) is 18.8 Å². The third-order valence-corrected chi connectivity index (χ3v) is 6.43. The number of carbonyl (C=O) groups is 1. The molecule has 2 aromatic rings. The van der Waals surface area contributed by atoms with Crippen LogP contribution in [0.4, 0.5) is 0 Å². The summed E-state index contributed by atoms with van der Waals surface area (Å²) in [4.78, 5) is 16.1. The molecule has 1 aromatic carbocycles. The van der Waals surface area contributed by atoms with Crippen molar-refractivity contribution in [1.29, 1.82) is 0 Å². The first-order chi connectivity index (χ1) is 11.7. The molecular formula is C20H25ClN2OS. The lowest BCUT2D eigenvalue weighted by Crippen LogP contribution is -2.32. The van der Waals surface area contributed by atoms with E-state index in [0.717, 1.165) is 66.9 Å². The van der Waals surface area contributed by atoms with E-state index < -0.39 is 0 Å². The van der Waals surface area contributed by atoms with Gasteiger partial charge in [0.05, 0.1) is 4.88 Å². The first-order valence-corrected chi connectivity index (χ1v) is 9.75. The maximum atomic E-state index is 13.1. The smallest absolute Gasteiger partial charge is 0.264 e. The molecule has 0 spiro atoms. The molecule has 0 aliphatic carbocycles. The summed E-state index contributed by atoms with van der Waals surface area (Å²) in [7, 11) is 0. The zero-order chi connectivity index (χ0) is 16.5. The Bertz CT molecular complexity index is 714. The molecule has 25 heavy (non-hydrogen) atoms. The molecule has 0 unspecified atom stereocenters. The minimum atomic E-state index is 0. The second kappa shape index (κ2) is 7.90. The SMILES string of the molecule is Cc1ccc(-c2ccsc2C(=O)N2CC[C@@H]3CNC[C@@H]3CC2)cc1.Cl. The van der Waals surface area contributed by atoms with Gasteiger partial charge in [0, 0.05) is 18.7 Å². The predicted octanol–water partition coefficient (Wildman–Crippen LogP) is 4.22. The van der Waals surface area contributed by atoms with E-state index in [2.05, 4.69) is 47.5 Å². The molecular weight excluding hydrogens is 352 g/mol. The largest absolute Gasteiger partial charge is 0.338 e. The first-order valence-electron chi connectivity index (χ1n) is 8.87. The zero-order valence-corrected chi connectivity index (χ0v) is 16.2. The lowest BCUT2D eigenvalue weighted by molar-refractivity contribution is 0.0764. The standard InChI is InChI=1S/C20H24N2OS.ClH/c1-14-2-4-15(5-3-14)18-8-11-24-19(18)20(23)22-9-6-16-12-21-13-17(16)7-10-22;/h2-5,8,11,16-17,21H,6-7,9-10,12-13H2,1H3;1H/t16-,17+;. The topological polar surface area (TPSA) is 32.3 Å². The van der Waals surface area contributed by atoms with Gasteiger partial charge in [0.15, 0.2) is 0 Å². The molecule has 4 rings (SSSR count). The number of amides is 1. The molecule has 0 saturated carbocycles. The number of fused-ring (bicyclic) bond motifs is 1. The van der Waals surface area contributed by atoms with E-state index in [0.29, 0.717) is 0 Å². The highest BCUT2D eigenvalue weighted by Gasteiger charge is 2.32. The molecule has 134 valence electrons. The van der Waals surface area contributed by atoms with Crippen molar-refractivity contribution in [2.45, 2.75) is 19.8 Å². The number of halogens is 1. The van der Waals surface area contributed by atoms with Crippen LogP contribution < -0.4 is 5.32 Å². The Balaban J connectivity index is 0.00000182. The van der Waals surface area contributed by atoms with E-state index in [-0.39, 0.29) is 18.3 Å². The van der Waals surface area contributed by atoms with Crippen molar-refractivity contribution >= 4 is 29.7 Å². The fraction of sp³-hybridized carbons (Fsp3) is 0.450. The number of nitrogens with zero attached hydrogens (tertiary/aromatic N) is 1. The van der Waals surface area contributed by atoms with Crippen LogP contribution >= 0.6 is 23.7 Å². The fourth-order valence-electron chi connectivity index (χ4n) is 4.00. The zero-order valence-electron chi connectivity index (χ0n) is 14.5. The third kappa shape index (κ3) is 3.76. The van der Waals surface area contributed by atoms with Crippen LogP contribution in [0.1, 0.15) is 28.1 Å². The molecule has 2 fully saturated rings. The number of hydrogen-bond acceptors (Lipinski definition) is 3. The summed E-state index contributed by atoms with van der Waals surface area (Å²) < 4.78 is 0. The maximum absolute atomic E-state index is 13.1. The monoisotopic (exact) mass is 376 g/mol. The van der Waals surface area contributed by atoms with Crippen molar-refractivity contribution < 1.29 is 4.79 Å². The van der Waals surface area contributed by atoms with Gasteiger partial charge >= 0.3 is 0 Å². The second-order valence-electron chi connectivity index (χ2n) is 7.08. The molecule has 3 nitrogen and oxygen atoms in total. The number of hydrogen-bond donors (Lipinski definition) is 1. The van der Waals surface area contributed by atoms with E-state index in [9.17, 15) is 4.79 Å². The van der Waals surface area contributed by atoms with Crippen LogP contribution in [-0.2, 0) is 0 Å². The van der Waals surface area contributed by atoms with Crippen molar-refractivity contribution in [3.8, 4) is 11.1 Å². The Labute approximate surface area is 159 Å². The molecule has 1 N–H and O–H groups in total. The van der Waals surface area contributed by atoms with Gasteiger partial charge < -0.3 is 10.2 Å². The summed E-state index contributed by atoms with van der Waals surface area (Å²) in [6, 6.07) is 10.5. The van der Waals surface area contributed by atoms with Crippen LogP contribution in [-0.4, -0.2) is 37.0 Å². The number of rotatable bonds is 2. The lowest BCUT2D eigenvalue weighted by atomic mass is 9.92. The predicted molar refractivity (Wildman–Crippen MR) is 107 cm³/mol. The molecule has 2 atom stereocenters. The Morgan fingerprint density at radius 1 is 1.08 bits per heavy atom. The Kier molecular flexibility index (Phi) is 5.82. The molecule has 1 aromatic heterocycles. The van der Waals surface area contributed by atoms with Crippen molar-refractivity contribution in [2.24, 2.45) is 11.8 Å². The Morgan fingerprint density at radius 2 is 1.72 bits per heavy atom. The van der Waals surface area contributed by atoms with Gasteiger partial charge in [-0.3, -0.25) is 4.79 Å². The summed E-state index contributed by atoms with van der Waals surface area (Å²) in [5, 5.41) is 5.54. The number of nitrogens with one attached hydrogen (secondary N) is 1. The van der Waals surface area contributed by atoms with Gasteiger partial charge in [0.2, 0.25) is 0 Å². The van der Waals surface area contributed by atoms with Crippen molar-refractivity contribution in [1.82, 2.24) is 10.2 Å². The number of aryl methyl sites for hydroxylation is 1. The van der Waals surface area contributed by atoms with Crippen molar-refractivity contribution in [2.75, 3.05) is 26.2 Å². The summed E-state index contributed by atoms with van der Waals surface area (Å²) in [5.74, 6) is 1.72. The summed E-state index contributed by atoms with van der Waals surface area (Å²) in [6.45, 7) is 6.13. The Hall–Kier alpha value is -1.36. The quantitative estimate of drug-likeness (QED) is 0.851. The average molecular weight is 377 g/mol. The van der Waals surface area contributed by atoms with Gasteiger partial charge in [-0.1, -0.05) is 29.8 Å². The summed E-state index contributed by atoms with van der Waals surface area (Å²) in [5.41, 5.74) is 3.46. The van der Waals surface area contributed by atoms with E-state index in [1.807, 2.05) is 5.38 Å². The maximum Gasteiger partial charge on any atom is 0.264 e. The molecule has 3 heterocycles. The molecule has 5 heteroatoms. The minimum absolute atomic E-state index is 0. The third-order valence-electron chi connectivity index (χ3n) is 5.53. The highest BCUT2D eigenvalue weighted by atomic mass is 35.5. The van der Waals surface area contributed by atoms with E-state index in [1.165, 1.54) is 5.56 Å². The Morgan fingerprint density at radius 3 is 2.36 bits per heavy atom. The van der Waals surface area contributed by atoms with Crippen molar-refractivity contribution in [3.63, 3.8) is 0 Å². The first kappa shape index (κ1) is 18.4. The number of carbonyl (C=O) groups excluding carboxylic acids is 1. The van der Waals surface area contributed by atoms with Crippen LogP contribution in [0.2, 0.25) is 0 Å². The number of thiophene rings is 1. The van der Waals surface area contributed by atoms with Gasteiger partial charge in [-0.15, -0.1) is 23.7 Å². The van der Waals surface area contributed by atoms with Gasteiger partial charge in [0.25, 0.3) is 5.91 Å². The van der Waals surface area contributed by atoms with E-state index in [1.54, 1.807) is 11.3 Å². The fourth-order valence-corrected chi connectivity index (χ4v) is 4.88. The van der Waals surface area contributed by atoms with E-state index >= 15 is 0 Å².